The third-order valence-corrected chi connectivity index (χ3v) is 22.9. The van der Waals surface area contributed by atoms with E-state index in [0.717, 1.165) is 77.4 Å². The molecule has 2 N–H and O–H groups in total. The predicted molar refractivity (Wildman–Crippen MR) is 235 cm³/mol. The van der Waals surface area contributed by atoms with E-state index in [1.54, 1.807) is 0 Å². The van der Waals surface area contributed by atoms with E-state index in [1.165, 1.54) is 59.6 Å². The summed E-state index contributed by atoms with van der Waals surface area (Å²) < 4.78 is 27.1. The van der Waals surface area contributed by atoms with E-state index in [-0.39, 0.29) is 69.7 Å². The van der Waals surface area contributed by atoms with Crippen LogP contribution in [0.3, 0.4) is 0 Å². The number of aliphatic hydroxyl groups is 2. The highest BCUT2D eigenvalue weighted by atomic mass is 16.7. The number of aromatic nitrogens is 2. The van der Waals surface area contributed by atoms with Crippen molar-refractivity contribution in [2.24, 2.45) is 92.7 Å². The van der Waals surface area contributed by atoms with Gasteiger partial charge < -0.3 is 29.2 Å². The standard InChI is InChI=1S/C54H76N2O6/c1-27-13-15-53(59-25-27)29(3)47-43(61-53)19-37-33-11-9-31-17-39-41(23-49(31,5)35(33)21-45(57)51(37,47)7)55-40-18-32-10-12-34-36(50(32,6)24-42(40)56-39)22-46(58)52(8)38(34)20-44-48(52)30(4)54(62-44)16-14-28(2)26-60-54/h19-20,27-36,43-48,57-58H,9-18,21-26H2,1-8H3/t27-,28-,29-,30-,31?,32?,33+,34+,35-,36-,43-,44-,45+,46+,47-,48-,49-,50-,51+,52+,53+,54+/m0/s1. The van der Waals surface area contributed by atoms with Gasteiger partial charge >= 0.3 is 0 Å². The maximum Gasteiger partial charge on any atom is 0.172 e. The van der Waals surface area contributed by atoms with Crippen molar-refractivity contribution in [3.63, 3.8) is 0 Å². The summed E-state index contributed by atoms with van der Waals surface area (Å²) in [5, 5.41) is 24.9. The summed E-state index contributed by atoms with van der Waals surface area (Å²) in [4.78, 5) is 11.3. The van der Waals surface area contributed by atoms with E-state index in [4.69, 9.17) is 28.9 Å². The van der Waals surface area contributed by atoms with Gasteiger partial charge in [0.05, 0.1) is 60.4 Å². The second-order valence-corrected chi connectivity index (χ2v) is 25.4. The summed E-state index contributed by atoms with van der Waals surface area (Å²) >= 11 is 0. The van der Waals surface area contributed by atoms with Gasteiger partial charge in [0.2, 0.25) is 0 Å². The number of hydrogen-bond donors (Lipinski definition) is 2. The topological polar surface area (TPSA) is 103 Å². The van der Waals surface area contributed by atoms with Crippen LogP contribution in [0.1, 0.15) is 142 Å². The summed E-state index contributed by atoms with van der Waals surface area (Å²) in [5.74, 6) is 4.14. The highest BCUT2D eigenvalue weighted by molar-refractivity contribution is 5.40. The van der Waals surface area contributed by atoms with Crippen LogP contribution in [0.25, 0.3) is 0 Å². The van der Waals surface area contributed by atoms with Crippen molar-refractivity contribution in [1.29, 1.82) is 0 Å². The van der Waals surface area contributed by atoms with Crippen molar-refractivity contribution < 1.29 is 29.2 Å². The summed E-state index contributed by atoms with van der Waals surface area (Å²) in [6, 6.07) is 0. The quantitative estimate of drug-likeness (QED) is 0.250. The van der Waals surface area contributed by atoms with Crippen LogP contribution in [0.2, 0.25) is 0 Å². The fraction of sp³-hybridized carbons (Fsp3) is 0.852. The zero-order valence-electron chi connectivity index (χ0n) is 39.1. The molecular weight excluding hydrogens is 773 g/mol. The summed E-state index contributed by atoms with van der Waals surface area (Å²) in [6.45, 7) is 20.7. The smallest absolute Gasteiger partial charge is 0.172 e. The van der Waals surface area contributed by atoms with Crippen LogP contribution in [0.5, 0.6) is 0 Å². The molecule has 1 aromatic heterocycles. The van der Waals surface area contributed by atoms with Gasteiger partial charge in [-0.25, -0.2) is 0 Å². The second kappa shape index (κ2) is 13.1. The monoisotopic (exact) mass is 849 g/mol. The molecule has 4 saturated carbocycles. The minimum atomic E-state index is -0.498. The molecule has 8 fully saturated rings. The third kappa shape index (κ3) is 4.97. The maximum atomic E-state index is 12.4. The molecule has 8 heteroatoms. The zero-order valence-corrected chi connectivity index (χ0v) is 39.1. The van der Waals surface area contributed by atoms with Crippen LogP contribution in [0.15, 0.2) is 23.3 Å². The molecule has 0 amide bonds. The van der Waals surface area contributed by atoms with Gasteiger partial charge in [0.15, 0.2) is 11.6 Å². The lowest BCUT2D eigenvalue weighted by atomic mass is 9.44. The van der Waals surface area contributed by atoms with Gasteiger partial charge in [0, 0.05) is 47.3 Å². The first-order chi connectivity index (χ1) is 29.5. The third-order valence-electron chi connectivity index (χ3n) is 22.9. The van der Waals surface area contributed by atoms with Gasteiger partial charge in [-0.2, -0.15) is 0 Å². The molecule has 4 saturated heterocycles. The van der Waals surface area contributed by atoms with Gasteiger partial charge in [-0.1, -0.05) is 78.7 Å². The minimum Gasteiger partial charge on any atom is -0.392 e. The summed E-state index contributed by atoms with van der Waals surface area (Å²) in [5.41, 5.74) is 7.65. The molecule has 338 valence electrons. The number of fused-ring (bicyclic) bond motifs is 16. The first kappa shape index (κ1) is 40.6. The molecule has 12 aliphatic rings. The second-order valence-electron chi connectivity index (χ2n) is 25.4. The molecule has 0 radical (unpaired) electrons. The molecule has 62 heavy (non-hydrogen) atoms. The van der Waals surface area contributed by atoms with Crippen molar-refractivity contribution in [2.75, 3.05) is 13.2 Å². The Morgan fingerprint density at radius 3 is 1.37 bits per heavy atom. The van der Waals surface area contributed by atoms with Gasteiger partial charge in [-0.3, -0.25) is 9.97 Å². The normalized spacial score (nSPS) is 57.8. The molecule has 2 spiro atoms. The lowest BCUT2D eigenvalue weighted by molar-refractivity contribution is -0.265. The molecule has 1 aromatic rings. The van der Waals surface area contributed by atoms with E-state index in [0.29, 0.717) is 47.3 Å². The molecule has 8 aliphatic carbocycles. The lowest BCUT2D eigenvalue weighted by Crippen LogP contribution is -2.58. The number of nitrogens with zero attached hydrogens (tertiary/aromatic N) is 2. The summed E-state index contributed by atoms with van der Waals surface area (Å²) in [6.07, 6.45) is 19.0. The molecule has 5 heterocycles. The zero-order chi connectivity index (χ0) is 42.7. The number of ether oxygens (including phenoxy) is 4. The Morgan fingerprint density at radius 2 is 0.984 bits per heavy atom. The Kier molecular flexibility index (Phi) is 8.54. The van der Waals surface area contributed by atoms with E-state index in [1.807, 2.05) is 0 Å². The van der Waals surface area contributed by atoms with E-state index >= 15 is 0 Å². The first-order valence-corrected chi connectivity index (χ1v) is 25.8. The molecule has 0 aromatic carbocycles. The number of aliphatic hydroxyl groups excluding tert-OH is 2. The maximum absolute atomic E-state index is 12.4. The van der Waals surface area contributed by atoms with Gasteiger partial charge in [-0.05, 0) is 135 Å². The van der Waals surface area contributed by atoms with Crippen LogP contribution < -0.4 is 0 Å². The molecule has 8 nitrogen and oxygen atoms in total. The predicted octanol–water partition coefficient (Wildman–Crippen LogP) is 8.98. The van der Waals surface area contributed by atoms with Crippen molar-refractivity contribution in [2.45, 2.75) is 181 Å². The minimum absolute atomic E-state index is 0.0317. The SMILES string of the molecule is C[C@H]1CC[C@@]2(OC1)O[C@H]1C=C3[C@@H]4CCC5Cc6nc7c(nc6C[C@]5(C)[C@H]4C[C@@H](O)[C@]3(C)[C@H]1[C@@H]2C)CC1CC[C@H]2C3=C[C@@H]4O[C@]5(CC[C@H](C)CO5)[C@@H](C)[C@@H]4[C@@]3(C)[C@H](O)C[C@@H]2[C@@]1(C)C7. The lowest BCUT2D eigenvalue weighted by Gasteiger charge is -2.61. The van der Waals surface area contributed by atoms with E-state index in [2.05, 4.69) is 67.5 Å². The Labute approximate surface area is 371 Å². The molecule has 2 unspecified atom stereocenters. The Hall–Kier alpha value is -1.68. The fourth-order valence-corrected chi connectivity index (χ4v) is 19.1. The number of rotatable bonds is 0. The Balaban J connectivity index is 0.762. The molecule has 0 bridgehead atoms. The fourth-order valence-electron chi connectivity index (χ4n) is 19.1. The van der Waals surface area contributed by atoms with Crippen LogP contribution >= 0.6 is 0 Å². The van der Waals surface area contributed by atoms with Crippen LogP contribution in [0, 0.1) is 92.7 Å². The van der Waals surface area contributed by atoms with Crippen molar-refractivity contribution in [3.8, 4) is 0 Å². The average molecular weight is 849 g/mol. The molecule has 22 atom stereocenters. The molecule has 4 aliphatic heterocycles. The Morgan fingerprint density at radius 1 is 0.565 bits per heavy atom. The highest BCUT2D eigenvalue weighted by Crippen LogP contribution is 2.71. The number of hydrogen-bond acceptors (Lipinski definition) is 8. The van der Waals surface area contributed by atoms with E-state index < -0.39 is 11.6 Å². The Bertz CT molecular complexity index is 1970. The molecule has 13 rings (SSSR count). The van der Waals surface area contributed by atoms with Crippen molar-refractivity contribution in [3.05, 3.63) is 46.1 Å². The first-order valence-electron chi connectivity index (χ1n) is 25.8. The largest absolute Gasteiger partial charge is 0.392 e. The summed E-state index contributed by atoms with van der Waals surface area (Å²) in [7, 11) is 0. The van der Waals surface area contributed by atoms with Crippen LogP contribution in [-0.2, 0) is 44.6 Å². The molecular formula is C54H76N2O6. The van der Waals surface area contributed by atoms with Gasteiger partial charge in [-0.15, -0.1) is 0 Å². The van der Waals surface area contributed by atoms with E-state index in [9.17, 15) is 10.2 Å². The van der Waals surface area contributed by atoms with Crippen molar-refractivity contribution >= 4 is 0 Å². The average Bonchev–Trinajstić information content (AvgIpc) is 3.89. The van der Waals surface area contributed by atoms with Gasteiger partial charge in [0.1, 0.15) is 0 Å². The highest BCUT2D eigenvalue weighted by Gasteiger charge is 2.71. The van der Waals surface area contributed by atoms with Gasteiger partial charge in [0.25, 0.3) is 0 Å². The van der Waals surface area contributed by atoms with Crippen molar-refractivity contribution in [1.82, 2.24) is 9.97 Å². The van der Waals surface area contributed by atoms with Crippen LogP contribution in [-0.4, -0.2) is 69.4 Å². The van der Waals surface area contributed by atoms with Crippen LogP contribution in [0.4, 0.5) is 0 Å².